The van der Waals surface area contributed by atoms with E-state index < -0.39 is 8.07 Å². The van der Waals surface area contributed by atoms with E-state index in [4.69, 9.17) is 10.5 Å². The minimum absolute atomic E-state index is 0.204. The van der Waals surface area contributed by atoms with Gasteiger partial charge < -0.3 is 15.8 Å². The Balaban J connectivity index is 2.02. The van der Waals surface area contributed by atoms with Gasteiger partial charge in [-0.2, -0.15) is 0 Å². The first kappa shape index (κ1) is 18.5. The predicted octanol–water partition coefficient (Wildman–Crippen LogP) is 3.74. The second-order valence-corrected chi connectivity index (χ2v) is 13.3. The fourth-order valence-electron chi connectivity index (χ4n) is 2.83. The highest BCUT2D eigenvalue weighted by molar-refractivity contribution is 6.76. The maximum Gasteiger partial charge on any atom is 0.407 e. The maximum absolute atomic E-state index is 11.5. The second kappa shape index (κ2) is 9.46. The van der Waals surface area contributed by atoms with E-state index in [0.717, 1.165) is 24.8 Å². The van der Waals surface area contributed by atoms with Crippen molar-refractivity contribution in [3.63, 3.8) is 0 Å². The summed E-state index contributed by atoms with van der Waals surface area (Å²) in [5, 5.41) is 2.81. The van der Waals surface area contributed by atoms with Crippen molar-refractivity contribution >= 4 is 14.2 Å². The van der Waals surface area contributed by atoms with Gasteiger partial charge in [0.25, 0.3) is 0 Å². The lowest BCUT2D eigenvalue weighted by Gasteiger charge is -2.24. The van der Waals surface area contributed by atoms with E-state index in [1.54, 1.807) is 0 Å². The molecular formula is C16H34N2O2Si. The van der Waals surface area contributed by atoms with Crippen molar-refractivity contribution in [1.82, 2.24) is 5.32 Å². The van der Waals surface area contributed by atoms with Crippen molar-refractivity contribution in [2.45, 2.75) is 76.7 Å². The molecule has 1 aliphatic rings. The van der Waals surface area contributed by atoms with Crippen molar-refractivity contribution in [3.05, 3.63) is 0 Å². The van der Waals surface area contributed by atoms with E-state index in [1.807, 2.05) is 0 Å². The Labute approximate surface area is 131 Å². The van der Waals surface area contributed by atoms with Gasteiger partial charge in [0.2, 0.25) is 0 Å². The lowest BCUT2D eigenvalue weighted by Crippen LogP contribution is -2.33. The van der Waals surface area contributed by atoms with Crippen LogP contribution in [0.25, 0.3) is 0 Å². The number of carbonyl (C=O) groups is 1. The normalized spacial score (nSPS) is 18.3. The Morgan fingerprint density at radius 3 is 2.57 bits per heavy atom. The van der Waals surface area contributed by atoms with E-state index in [0.29, 0.717) is 13.2 Å². The summed E-state index contributed by atoms with van der Waals surface area (Å²) in [6.45, 7) is 7.99. The van der Waals surface area contributed by atoms with Crippen LogP contribution in [0.4, 0.5) is 4.79 Å². The maximum atomic E-state index is 11.5. The third kappa shape index (κ3) is 9.90. The van der Waals surface area contributed by atoms with Crippen LogP contribution in [-0.4, -0.2) is 33.4 Å². The van der Waals surface area contributed by atoms with Crippen molar-refractivity contribution in [2.24, 2.45) is 11.7 Å². The lowest BCUT2D eigenvalue weighted by molar-refractivity contribution is 0.151. The first-order valence-electron chi connectivity index (χ1n) is 8.53. The number of alkyl carbamates (subject to hydrolysis) is 1. The van der Waals surface area contributed by atoms with Crippen molar-refractivity contribution in [3.8, 4) is 0 Å². The SMILES string of the molecule is C[Si](C)(C)CCOC(=O)NCC[C@@H](N)CC1CCCCC1. The van der Waals surface area contributed by atoms with Gasteiger partial charge >= 0.3 is 6.09 Å². The van der Waals surface area contributed by atoms with Crippen LogP contribution in [0.5, 0.6) is 0 Å². The number of hydrogen-bond acceptors (Lipinski definition) is 3. The van der Waals surface area contributed by atoms with Gasteiger partial charge in [-0.05, 0) is 24.8 Å². The molecule has 0 heterocycles. The molecule has 1 atom stereocenters. The molecule has 1 saturated carbocycles. The molecule has 4 nitrogen and oxygen atoms in total. The van der Waals surface area contributed by atoms with Crippen LogP contribution in [0.15, 0.2) is 0 Å². The standard InChI is InChI=1S/C16H34N2O2Si/c1-21(2,3)12-11-20-16(19)18-10-9-15(17)13-14-7-5-4-6-8-14/h14-15H,4-13,17H2,1-3H3,(H,18,19)/t15-/m1/s1. The Hall–Kier alpha value is -0.553. The van der Waals surface area contributed by atoms with Crippen LogP contribution in [0.3, 0.4) is 0 Å². The fraction of sp³-hybridized carbons (Fsp3) is 0.938. The number of carbonyl (C=O) groups excluding carboxylic acids is 1. The zero-order valence-corrected chi connectivity index (χ0v) is 15.1. The Morgan fingerprint density at radius 2 is 1.95 bits per heavy atom. The van der Waals surface area contributed by atoms with Crippen LogP contribution in [-0.2, 0) is 4.74 Å². The summed E-state index contributed by atoms with van der Waals surface area (Å²) in [5.74, 6) is 0.803. The Bertz CT molecular complexity index is 299. The topological polar surface area (TPSA) is 64.3 Å². The molecule has 5 heteroatoms. The average molecular weight is 315 g/mol. The van der Waals surface area contributed by atoms with E-state index in [1.165, 1.54) is 32.1 Å². The fourth-order valence-corrected chi connectivity index (χ4v) is 3.54. The molecule has 0 aromatic heterocycles. The van der Waals surface area contributed by atoms with Gasteiger partial charge in [0.05, 0.1) is 6.61 Å². The number of amides is 1. The van der Waals surface area contributed by atoms with Gasteiger partial charge in [-0.1, -0.05) is 51.7 Å². The van der Waals surface area contributed by atoms with Gasteiger partial charge in [0, 0.05) is 20.7 Å². The van der Waals surface area contributed by atoms with Crippen LogP contribution < -0.4 is 11.1 Å². The molecule has 1 rings (SSSR count). The highest BCUT2D eigenvalue weighted by atomic mass is 28.3. The molecule has 1 fully saturated rings. The largest absolute Gasteiger partial charge is 0.450 e. The smallest absolute Gasteiger partial charge is 0.407 e. The monoisotopic (exact) mass is 314 g/mol. The number of nitrogens with one attached hydrogen (secondary N) is 1. The summed E-state index contributed by atoms with van der Waals surface area (Å²) in [6, 6.07) is 1.22. The highest BCUT2D eigenvalue weighted by Gasteiger charge is 2.17. The summed E-state index contributed by atoms with van der Waals surface area (Å²) in [4.78, 5) is 11.5. The van der Waals surface area contributed by atoms with Crippen molar-refractivity contribution < 1.29 is 9.53 Å². The van der Waals surface area contributed by atoms with Crippen molar-refractivity contribution in [2.75, 3.05) is 13.2 Å². The van der Waals surface area contributed by atoms with Gasteiger partial charge in [-0.3, -0.25) is 0 Å². The molecular weight excluding hydrogens is 280 g/mol. The third-order valence-corrected chi connectivity index (χ3v) is 5.93. The molecule has 0 bridgehead atoms. The molecule has 0 radical (unpaired) electrons. The summed E-state index contributed by atoms with van der Waals surface area (Å²) < 4.78 is 5.19. The predicted molar refractivity (Wildman–Crippen MR) is 91.3 cm³/mol. The number of rotatable bonds is 8. The Kier molecular flexibility index (Phi) is 8.33. The van der Waals surface area contributed by atoms with Crippen LogP contribution in [0.1, 0.15) is 44.9 Å². The summed E-state index contributed by atoms with van der Waals surface area (Å²) in [6.07, 6.45) is 8.43. The number of nitrogens with two attached hydrogens (primary N) is 1. The molecule has 0 aromatic rings. The van der Waals surface area contributed by atoms with Gasteiger partial charge in [-0.25, -0.2) is 4.79 Å². The van der Waals surface area contributed by atoms with Gasteiger partial charge in [0.15, 0.2) is 0 Å². The zero-order chi connectivity index (χ0) is 15.7. The number of ether oxygens (including phenoxy) is 1. The van der Waals surface area contributed by atoms with E-state index in [-0.39, 0.29) is 12.1 Å². The minimum Gasteiger partial charge on any atom is -0.450 e. The lowest BCUT2D eigenvalue weighted by atomic mass is 9.84. The summed E-state index contributed by atoms with van der Waals surface area (Å²) in [7, 11) is -1.12. The molecule has 21 heavy (non-hydrogen) atoms. The van der Waals surface area contributed by atoms with Gasteiger partial charge in [0.1, 0.15) is 0 Å². The van der Waals surface area contributed by atoms with Crippen LogP contribution >= 0.6 is 0 Å². The molecule has 1 aliphatic carbocycles. The molecule has 0 spiro atoms. The molecule has 1 amide bonds. The third-order valence-electron chi connectivity index (χ3n) is 4.23. The van der Waals surface area contributed by atoms with E-state index >= 15 is 0 Å². The zero-order valence-electron chi connectivity index (χ0n) is 14.1. The second-order valence-electron chi connectivity index (χ2n) is 7.66. The van der Waals surface area contributed by atoms with Crippen LogP contribution in [0, 0.1) is 5.92 Å². The molecule has 0 aliphatic heterocycles. The van der Waals surface area contributed by atoms with Gasteiger partial charge in [-0.15, -0.1) is 0 Å². The highest BCUT2D eigenvalue weighted by Crippen LogP contribution is 2.27. The molecule has 124 valence electrons. The first-order chi connectivity index (χ1) is 9.87. The first-order valence-corrected chi connectivity index (χ1v) is 12.2. The van der Waals surface area contributed by atoms with E-state index in [9.17, 15) is 4.79 Å². The molecule has 0 saturated heterocycles. The minimum atomic E-state index is -1.12. The van der Waals surface area contributed by atoms with E-state index in [2.05, 4.69) is 25.0 Å². The Morgan fingerprint density at radius 1 is 1.29 bits per heavy atom. The number of hydrogen-bond donors (Lipinski definition) is 2. The summed E-state index contributed by atoms with van der Waals surface area (Å²) in [5.41, 5.74) is 6.16. The van der Waals surface area contributed by atoms with Crippen LogP contribution in [0.2, 0.25) is 25.7 Å². The van der Waals surface area contributed by atoms with Crippen molar-refractivity contribution in [1.29, 1.82) is 0 Å². The molecule has 0 aromatic carbocycles. The molecule has 3 N–H and O–H groups in total. The average Bonchev–Trinajstić information content (AvgIpc) is 2.38. The quantitative estimate of drug-likeness (QED) is 0.671. The summed E-state index contributed by atoms with van der Waals surface area (Å²) >= 11 is 0. The molecule has 0 unspecified atom stereocenters.